The van der Waals surface area contributed by atoms with E-state index in [2.05, 4.69) is 4.90 Å². The second-order valence-electron chi connectivity index (χ2n) is 5.80. The van der Waals surface area contributed by atoms with E-state index < -0.39 is 11.7 Å². The van der Waals surface area contributed by atoms with E-state index in [1.807, 2.05) is 7.05 Å². The van der Waals surface area contributed by atoms with Crippen LogP contribution in [0.4, 0.5) is 18.9 Å². The third kappa shape index (κ3) is 3.90. The van der Waals surface area contributed by atoms with E-state index in [1.54, 1.807) is 6.07 Å². The molecule has 21 heavy (non-hydrogen) atoms. The summed E-state index contributed by atoms with van der Waals surface area (Å²) < 4.78 is 38.4. The Morgan fingerprint density at radius 3 is 2.29 bits per heavy atom. The van der Waals surface area contributed by atoms with Crippen molar-refractivity contribution < 1.29 is 13.2 Å². The molecule has 118 valence electrons. The van der Waals surface area contributed by atoms with E-state index in [-0.39, 0.29) is 6.54 Å². The summed E-state index contributed by atoms with van der Waals surface area (Å²) in [6, 6.07) is 4.30. The van der Waals surface area contributed by atoms with E-state index in [1.165, 1.54) is 31.7 Å². The number of alkyl halides is 3. The SMILES string of the molecule is CN(c1ccc(C(F)(F)F)cc1CN)C1CCCCCC1. The van der Waals surface area contributed by atoms with Crippen molar-refractivity contribution in [3.8, 4) is 0 Å². The normalized spacial score (nSPS) is 17.6. The van der Waals surface area contributed by atoms with Crippen LogP contribution in [0.2, 0.25) is 0 Å². The molecular formula is C16H23F3N2. The summed E-state index contributed by atoms with van der Waals surface area (Å²) in [4.78, 5) is 2.12. The lowest BCUT2D eigenvalue weighted by Gasteiger charge is -2.31. The van der Waals surface area contributed by atoms with Gasteiger partial charge in [0.15, 0.2) is 0 Å². The van der Waals surface area contributed by atoms with E-state index in [0.29, 0.717) is 11.6 Å². The zero-order valence-electron chi connectivity index (χ0n) is 12.4. The summed E-state index contributed by atoms with van der Waals surface area (Å²) >= 11 is 0. The molecule has 0 saturated heterocycles. The second-order valence-corrected chi connectivity index (χ2v) is 5.80. The van der Waals surface area contributed by atoms with Gasteiger partial charge < -0.3 is 10.6 Å². The summed E-state index contributed by atoms with van der Waals surface area (Å²) in [6.45, 7) is 0.121. The number of benzene rings is 1. The molecule has 1 aromatic carbocycles. The van der Waals surface area contributed by atoms with Gasteiger partial charge in [-0.1, -0.05) is 25.7 Å². The number of hydrogen-bond donors (Lipinski definition) is 1. The molecule has 0 radical (unpaired) electrons. The van der Waals surface area contributed by atoms with Gasteiger partial charge in [-0.3, -0.25) is 0 Å². The average molecular weight is 300 g/mol. The predicted molar refractivity (Wildman–Crippen MR) is 79.2 cm³/mol. The van der Waals surface area contributed by atoms with Crippen LogP contribution >= 0.6 is 0 Å². The molecule has 0 unspecified atom stereocenters. The molecule has 2 N–H and O–H groups in total. The van der Waals surface area contributed by atoms with Gasteiger partial charge in [-0.2, -0.15) is 13.2 Å². The molecule has 0 heterocycles. The molecule has 1 saturated carbocycles. The molecule has 0 atom stereocenters. The van der Waals surface area contributed by atoms with Gasteiger partial charge in [0.1, 0.15) is 0 Å². The number of hydrogen-bond acceptors (Lipinski definition) is 2. The lowest BCUT2D eigenvalue weighted by atomic mass is 10.0. The van der Waals surface area contributed by atoms with Gasteiger partial charge in [0.2, 0.25) is 0 Å². The number of rotatable bonds is 3. The molecule has 1 fully saturated rings. The van der Waals surface area contributed by atoms with Gasteiger partial charge in [-0.15, -0.1) is 0 Å². The van der Waals surface area contributed by atoms with Crippen molar-refractivity contribution in [3.05, 3.63) is 29.3 Å². The standard InChI is InChI=1S/C16H23F3N2/c1-21(14-6-4-2-3-5-7-14)15-9-8-13(16(17,18)19)10-12(15)11-20/h8-10,14H,2-7,11,20H2,1H3. The first-order chi connectivity index (χ1) is 9.93. The van der Waals surface area contributed by atoms with Crippen LogP contribution in [0.3, 0.4) is 0 Å². The molecule has 0 bridgehead atoms. The number of nitrogens with two attached hydrogens (primary N) is 1. The molecule has 1 aliphatic carbocycles. The number of anilines is 1. The number of nitrogens with zero attached hydrogens (tertiary/aromatic N) is 1. The summed E-state index contributed by atoms with van der Waals surface area (Å²) in [7, 11) is 1.97. The summed E-state index contributed by atoms with van der Waals surface area (Å²) in [6.07, 6.45) is 2.76. The molecule has 2 rings (SSSR count). The Labute approximate surface area is 124 Å². The highest BCUT2D eigenvalue weighted by molar-refractivity contribution is 5.55. The lowest BCUT2D eigenvalue weighted by molar-refractivity contribution is -0.137. The minimum absolute atomic E-state index is 0.121. The van der Waals surface area contributed by atoms with Gasteiger partial charge in [0, 0.05) is 25.3 Å². The lowest BCUT2D eigenvalue weighted by Crippen LogP contribution is -2.32. The molecule has 5 heteroatoms. The van der Waals surface area contributed by atoms with Crippen LogP contribution in [0, 0.1) is 0 Å². The molecule has 0 spiro atoms. The fourth-order valence-electron chi connectivity index (χ4n) is 3.11. The Bertz CT molecular complexity index is 463. The zero-order chi connectivity index (χ0) is 15.5. The summed E-state index contributed by atoms with van der Waals surface area (Å²) in [5.41, 5.74) is 6.44. The Balaban J connectivity index is 2.25. The van der Waals surface area contributed by atoms with Crippen molar-refractivity contribution in [1.82, 2.24) is 0 Å². The molecule has 2 nitrogen and oxygen atoms in total. The van der Waals surface area contributed by atoms with Gasteiger partial charge in [-0.05, 0) is 36.6 Å². The van der Waals surface area contributed by atoms with Crippen LogP contribution in [0.1, 0.15) is 49.7 Å². The third-order valence-corrected chi connectivity index (χ3v) is 4.38. The third-order valence-electron chi connectivity index (χ3n) is 4.38. The molecule has 1 aliphatic rings. The van der Waals surface area contributed by atoms with Gasteiger partial charge >= 0.3 is 6.18 Å². The fraction of sp³-hybridized carbons (Fsp3) is 0.625. The molecule has 0 aliphatic heterocycles. The van der Waals surface area contributed by atoms with Crippen LogP contribution in [0.15, 0.2) is 18.2 Å². The maximum Gasteiger partial charge on any atom is 0.416 e. The topological polar surface area (TPSA) is 29.3 Å². The molecule has 0 amide bonds. The first-order valence-corrected chi connectivity index (χ1v) is 7.56. The predicted octanol–water partition coefficient (Wildman–Crippen LogP) is 4.32. The zero-order valence-corrected chi connectivity index (χ0v) is 12.4. The van der Waals surface area contributed by atoms with Crippen molar-refractivity contribution in [1.29, 1.82) is 0 Å². The maximum absolute atomic E-state index is 12.8. The van der Waals surface area contributed by atoms with Crippen LogP contribution in [-0.2, 0) is 12.7 Å². The van der Waals surface area contributed by atoms with Crippen LogP contribution in [0.25, 0.3) is 0 Å². The minimum atomic E-state index is -4.32. The van der Waals surface area contributed by atoms with Crippen molar-refractivity contribution in [2.24, 2.45) is 5.73 Å². The highest BCUT2D eigenvalue weighted by atomic mass is 19.4. The highest BCUT2D eigenvalue weighted by Crippen LogP contribution is 2.34. The van der Waals surface area contributed by atoms with Crippen molar-refractivity contribution in [2.75, 3.05) is 11.9 Å². The Morgan fingerprint density at radius 2 is 1.76 bits per heavy atom. The first-order valence-electron chi connectivity index (χ1n) is 7.56. The van der Waals surface area contributed by atoms with E-state index in [9.17, 15) is 13.2 Å². The summed E-state index contributed by atoms with van der Waals surface area (Å²) in [5.74, 6) is 0. The largest absolute Gasteiger partial charge is 0.416 e. The van der Waals surface area contributed by atoms with Crippen molar-refractivity contribution in [2.45, 2.75) is 57.3 Å². The molecular weight excluding hydrogens is 277 g/mol. The maximum atomic E-state index is 12.8. The highest BCUT2D eigenvalue weighted by Gasteiger charge is 2.31. The van der Waals surface area contributed by atoms with Crippen LogP contribution in [-0.4, -0.2) is 13.1 Å². The van der Waals surface area contributed by atoms with Crippen LogP contribution < -0.4 is 10.6 Å². The summed E-state index contributed by atoms with van der Waals surface area (Å²) in [5, 5.41) is 0. The minimum Gasteiger partial charge on any atom is -0.371 e. The van der Waals surface area contributed by atoms with E-state index >= 15 is 0 Å². The van der Waals surface area contributed by atoms with Gasteiger partial charge in [0.05, 0.1) is 5.56 Å². The Kier molecular flexibility index (Phi) is 5.14. The quantitative estimate of drug-likeness (QED) is 0.842. The fourth-order valence-corrected chi connectivity index (χ4v) is 3.11. The van der Waals surface area contributed by atoms with Crippen molar-refractivity contribution >= 4 is 5.69 Å². The van der Waals surface area contributed by atoms with Gasteiger partial charge in [0.25, 0.3) is 0 Å². The Hall–Kier alpha value is -1.23. The molecule has 1 aromatic rings. The van der Waals surface area contributed by atoms with Gasteiger partial charge in [-0.25, -0.2) is 0 Å². The molecule has 0 aromatic heterocycles. The average Bonchev–Trinajstić information content (AvgIpc) is 2.74. The second kappa shape index (κ2) is 6.69. The van der Waals surface area contributed by atoms with E-state index in [4.69, 9.17) is 5.73 Å². The van der Waals surface area contributed by atoms with Crippen LogP contribution in [0.5, 0.6) is 0 Å². The smallest absolute Gasteiger partial charge is 0.371 e. The number of halogens is 3. The monoisotopic (exact) mass is 300 g/mol. The van der Waals surface area contributed by atoms with E-state index in [0.717, 1.165) is 24.6 Å². The Morgan fingerprint density at radius 1 is 1.14 bits per heavy atom. The first kappa shape index (κ1) is 16.1. The van der Waals surface area contributed by atoms with Crippen molar-refractivity contribution in [3.63, 3.8) is 0 Å².